The van der Waals surface area contributed by atoms with Gasteiger partial charge in [0.1, 0.15) is 12.3 Å². The molecule has 1 aromatic heterocycles. The molecule has 31 heavy (non-hydrogen) atoms. The van der Waals surface area contributed by atoms with Gasteiger partial charge in [-0.2, -0.15) is 0 Å². The Morgan fingerprint density at radius 1 is 1.13 bits per heavy atom. The summed E-state index contributed by atoms with van der Waals surface area (Å²) in [5.41, 5.74) is 2.76. The van der Waals surface area contributed by atoms with Crippen LogP contribution in [0.25, 0.3) is 0 Å². The summed E-state index contributed by atoms with van der Waals surface area (Å²) in [5.74, 6) is 0.456. The number of hydrogen-bond donors (Lipinski definition) is 1. The van der Waals surface area contributed by atoms with Crippen LogP contribution in [0.5, 0.6) is 0 Å². The molecule has 6 heteroatoms. The van der Waals surface area contributed by atoms with Crippen molar-refractivity contribution in [2.75, 3.05) is 16.8 Å². The van der Waals surface area contributed by atoms with Gasteiger partial charge in [0.2, 0.25) is 11.8 Å². The fourth-order valence-electron chi connectivity index (χ4n) is 3.66. The highest BCUT2D eigenvalue weighted by molar-refractivity contribution is 7.99. The first-order valence-electron chi connectivity index (χ1n) is 10.6. The van der Waals surface area contributed by atoms with Crippen molar-refractivity contribution in [2.24, 2.45) is 0 Å². The van der Waals surface area contributed by atoms with Crippen molar-refractivity contribution in [2.45, 2.75) is 42.8 Å². The van der Waals surface area contributed by atoms with Gasteiger partial charge in [-0.15, -0.1) is 11.8 Å². The number of nitrogens with one attached hydrogen (secondary N) is 1. The van der Waals surface area contributed by atoms with Crippen LogP contribution in [0.15, 0.2) is 76.2 Å². The van der Waals surface area contributed by atoms with E-state index in [2.05, 4.69) is 12.2 Å². The molecule has 5 nitrogen and oxygen atoms in total. The minimum absolute atomic E-state index is 0.0289. The standard InChI is InChI=1S/C25H26N2O3S/c1-2-3-7-18-11-13-19(14-12-18)26-24(28)17-27-20-8-4-5-10-22(20)31-23(16-25(27)29)21-9-6-15-30-21/h4-6,8-15,23H,2-3,7,16-17H2,1H3,(H,26,28)/t23-/m0/s1. The molecule has 2 aromatic carbocycles. The van der Waals surface area contributed by atoms with E-state index in [1.54, 1.807) is 22.9 Å². The number of para-hydroxylation sites is 1. The van der Waals surface area contributed by atoms with Crippen LogP contribution in [0.2, 0.25) is 0 Å². The van der Waals surface area contributed by atoms with Crippen molar-refractivity contribution >= 4 is 35.0 Å². The number of carbonyl (C=O) groups excluding carboxylic acids is 2. The number of hydrogen-bond acceptors (Lipinski definition) is 4. The lowest BCUT2D eigenvalue weighted by Gasteiger charge is -2.22. The molecule has 1 aliphatic rings. The van der Waals surface area contributed by atoms with Gasteiger partial charge >= 0.3 is 0 Å². The van der Waals surface area contributed by atoms with Gasteiger partial charge in [-0.1, -0.05) is 37.6 Å². The van der Waals surface area contributed by atoms with Crippen LogP contribution in [0.4, 0.5) is 11.4 Å². The second-order valence-corrected chi connectivity index (χ2v) is 8.87. The molecule has 0 aliphatic carbocycles. The molecule has 0 bridgehead atoms. The van der Waals surface area contributed by atoms with Crippen molar-refractivity contribution in [1.29, 1.82) is 0 Å². The summed E-state index contributed by atoms with van der Waals surface area (Å²) in [6.45, 7) is 2.14. The van der Waals surface area contributed by atoms with Crippen molar-refractivity contribution in [3.8, 4) is 0 Å². The zero-order valence-electron chi connectivity index (χ0n) is 17.5. The fourth-order valence-corrected chi connectivity index (χ4v) is 4.90. The van der Waals surface area contributed by atoms with Gasteiger partial charge in [0.25, 0.3) is 0 Å². The molecule has 0 fully saturated rings. The number of rotatable bonds is 7. The summed E-state index contributed by atoms with van der Waals surface area (Å²) in [4.78, 5) is 28.4. The number of carbonyl (C=O) groups is 2. The van der Waals surface area contributed by atoms with Crippen molar-refractivity contribution in [3.05, 3.63) is 78.3 Å². The molecule has 0 saturated carbocycles. The zero-order valence-corrected chi connectivity index (χ0v) is 18.4. The monoisotopic (exact) mass is 434 g/mol. The highest BCUT2D eigenvalue weighted by Gasteiger charge is 2.31. The van der Waals surface area contributed by atoms with Crippen LogP contribution in [0, 0.1) is 0 Å². The fraction of sp³-hybridized carbons (Fsp3) is 0.280. The first kappa shape index (κ1) is 21.2. The maximum absolute atomic E-state index is 13.1. The van der Waals surface area contributed by atoms with E-state index in [4.69, 9.17) is 4.42 Å². The Labute approximate surface area is 186 Å². The summed E-state index contributed by atoms with van der Waals surface area (Å²) in [6, 6.07) is 19.3. The zero-order chi connectivity index (χ0) is 21.6. The number of aryl methyl sites for hydroxylation is 1. The largest absolute Gasteiger partial charge is 0.468 e. The number of thioether (sulfide) groups is 1. The summed E-state index contributed by atoms with van der Waals surface area (Å²) in [6.07, 6.45) is 5.24. The van der Waals surface area contributed by atoms with Crippen molar-refractivity contribution < 1.29 is 14.0 Å². The lowest BCUT2D eigenvalue weighted by atomic mass is 10.1. The Morgan fingerprint density at radius 3 is 2.68 bits per heavy atom. The summed E-state index contributed by atoms with van der Waals surface area (Å²) in [7, 11) is 0. The number of amides is 2. The second-order valence-electron chi connectivity index (χ2n) is 7.62. The quantitative estimate of drug-likeness (QED) is 0.508. The van der Waals surface area contributed by atoms with E-state index in [0.29, 0.717) is 0 Å². The summed E-state index contributed by atoms with van der Waals surface area (Å²) < 4.78 is 5.55. The first-order chi connectivity index (χ1) is 15.1. The van der Waals surface area contributed by atoms with Crippen LogP contribution in [-0.4, -0.2) is 18.4 Å². The van der Waals surface area contributed by atoms with Gasteiger partial charge in [0.05, 0.1) is 17.2 Å². The third-order valence-electron chi connectivity index (χ3n) is 5.31. The smallest absolute Gasteiger partial charge is 0.244 e. The molecule has 2 amide bonds. The van der Waals surface area contributed by atoms with Gasteiger partial charge in [-0.05, 0) is 54.8 Å². The number of furan rings is 1. The van der Waals surface area contributed by atoms with Crippen molar-refractivity contribution in [3.63, 3.8) is 0 Å². The van der Waals surface area contributed by atoms with E-state index >= 15 is 0 Å². The predicted molar refractivity (Wildman–Crippen MR) is 124 cm³/mol. The number of benzene rings is 2. The Hall–Kier alpha value is -2.99. The SMILES string of the molecule is CCCCc1ccc(NC(=O)CN2C(=O)C[C@@H](c3ccco3)Sc3ccccc32)cc1. The molecule has 0 spiro atoms. The highest BCUT2D eigenvalue weighted by atomic mass is 32.2. The van der Waals surface area contributed by atoms with E-state index in [1.807, 2.05) is 60.7 Å². The van der Waals surface area contributed by atoms with Crippen LogP contribution >= 0.6 is 11.8 Å². The molecule has 4 rings (SSSR count). The molecule has 2 heterocycles. The summed E-state index contributed by atoms with van der Waals surface area (Å²) >= 11 is 1.59. The van der Waals surface area contributed by atoms with E-state index < -0.39 is 0 Å². The Kier molecular flexibility index (Phi) is 6.77. The molecule has 1 N–H and O–H groups in total. The molecule has 0 radical (unpaired) electrons. The average Bonchev–Trinajstić information content (AvgIpc) is 3.28. The topological polar surface area (TPSA) is 62.6 Å². The minimum atomic E-state index is -0.217. The third kappa shape index (κ3) is 5.20. The highest BCUT2D eigenvalue weighted by Crippen LogP contribution is 2.45. The van der Waals surface area contributed by atoms with Crippen LogP contribution in [0.3, 0.4) is 0 Å². The Balaban J connectivity index is 1.48. The van der Waals surface area contributed by atoms with E-state index in [0.717, 1.165) is 41.3 Å². The van der Waals surface area contributed by atoms with Crippen LogP contribution in [0.1, 0.15) is 42.8 Å². The number of nitrogens with zero attached hydrogens (tertiary/aromatic N) is 1. The Bertz CT molecular complexity index is 1030. The lowest BCUT2D eigenvalue weighted by Crippen LogP contribution is -2.38. The Morgan fingerprint density at radius 2 is 1.94 bits per heavy atom. The van der Waals surface area contributed by atoms with E-state index in [9.17, 15) is 9.59 Å². The predicted octanol–water partition coefficient (Wildman–Crippen LogP) is 5.83. The van der Waals surface area contributed by atoms with Gasteiger partial charge < -0.3 is 14.6 Å². The molecule has 1 atom stereocenters. The van der Waals surface area contributed by atoms with Gasteiger partial charge in [0, 0.05) is 17.0 Å². The molecular formula is C25H26N2O3S. The molecule has 160 valence electrons. The maximum Gasteiger partial charge on any atom is 0.244 e. The first-order valence-corrected chi connectivity index (χ1v) is 11.5. The molecule has 1 aliphatic heterocycles. The van der Waals surface area contributed by atoms with Crippen LogP contribution in [-0.2, 0) is 16.0 Å². The number of anilines is 2. The minimum Gasteiger partial charge on any atom is -0.468 e. The van der Waals surface area contributed by atoms with Gasteiger partial charge in [0.15, 0.2) is 0 Å². The molecular weight excluding hydrogens is 408 g/mol. The second kappa shape index (κ2) is 9.88. The number of fused-ring (bicyclic) bond motifs is 1. The average molecular weight is 435 g/mol. The lowest BCUT2D eigenvalue weighted by molar-refractivity contribution is -0.121. The molecule has 0 saturated heterocycles. The van der Waals surface area contributed by atoms with Gasteiger partial charge in [-0.25, -0.2) is 0 Å². The number of unbranched alkanes of at least 4 members (excludes halogenated alkanes) is 1. The summed E-state index contributed by atoms with van der Waals surface area (Å²) in [5, 5.41) is 2.81. The van der Waals surface area contributed by atoms with Gasteiger partial charge in [-0.3, -0.25) is 9.59 Å². The van der Waals surface area contributed by atoms with Crippen molar-refractivity contribution in [1.82, 2.24) is 0 Å². The van der Waals surface area contributed by atoms with E-state index in [1.165, 1.54) is 5.56 Å². The third-order valence-corrected chi connectivity index (χ3v) is 6.59. The normalized spacial score (nSPS) is 16.0. The maximum atomic E-state index is 13.1. The van der Waals surface area contributed by atoms with E-state index in [-0.39, 0.29) is 30.0 Å². The molecule has 0 unspecified atom stereocenters. The molecule has 3 aromatic rings. The van der Waals surface area contributed by atoms with Crippen LogP contribution < -0.4 is 10.2 Å².